The van der Waals surface area contributed by atoms with Crippen LogP contribution in [0, 0.1) is 0 Å². The van der Waals surface area contributed by atoms with Gasteiger partial charge in [0.2, 0.25) is 0 Å². The topological polar surface area (TPSA) is 38.8 Å². The number of hydrogen-bond donors (Lipinski definition) is 0. The molecule has 0 spiro atoms. The van der Waals surface area contributed by atoms with Crippen molar-refractivity contribution in [2.75, 3.05) is 13.2 Å². The highest BCUT2D eigenvalue weighted by Gasteiger charge is 2.52. The predicted octanol–water partition coefficient (Wildman–Crippen LogP) is 3.12. The molecule has 0 radical (unpaired) electrons. The van der Waals surface area contributed by atoms with Crippen molar-refractivity contribution >= 4 is 5.97 Å². The molecule has 0 amide bonds. The smallest absolute Gasteiger partial charge is 0.340 e. The molecule has 1 aromatic carbocycles. The van der Waals surface area contributed by atoms with Crippen molar-refractivity contribution in [2.24, 2.45) is 0 Å². The summed E-state index contributed by atoms with van der Waals surface area (Å²) in [7, 11) is 0. The highest BCUT2D eigenvalue weighted by Crippen LogP contribution is 2.34. The lowest BCUT2D eigenvalue weighted by atomic mass is 10.0. The lowest BCUT2D eigenvalue weighted by Gasteiger charge is -2.10. The zero-order valence-corrected chi connectivity index (χ0v) is 11.6. The molecule has 3 nitrogen and oxygen atoms in total. The van der Waals surface area contributed by atoms with Gasteiger partial charge in [-0.05, 0) is 38.2 Å². The van der Waals surface area contributed by atoms with E-state index in [4.69, 9.17) is 9.47 Å². The molecule has 0 saturated carbocycles. The van der Waals surface area contributed by atoms with Gasteiger partial charge < -0.3 is 9.47 Å². The Kier molecular flexibility index (Phi) is 4.97. The number of rotatable bonds is 8. The van der Waals surface area contributed by atoms with Gasteiger partial charge in [0.15, 0.2) is 5.60 Å². The summed E-state index contributed by atoms with van der Waals surface area (Å²) in [6.45, 7) is 2.79. The van der Waals surface area contributed by atoms with Gasteiger partial charge in [-0.2, -0.15) is 0 Å². The molecule has 0 N–H and O–H groups in total. The van der Waals surface area contributed by atoms with Gasteiger partial charge in [0.1, 0.15) is 0 Å². The van der Waals surface area contributed by atoms with Crippen molar-refractivity contribution < 1.29 is 14.3 Å². The van der Waals surface area contributed by atoms with E-state index in [-0.39, 0.29) is 5.97 Å². The van der Waals surface area contributed by atoms with Crippen LogP contribution in [0.1, 0.15) is 38.2 Å². The van der Waals surface area contributed by atoms with Crippen molar-refractivity contribution in [1.82, 2.24) is 0 Å². The SMILES string of the molecule is CCOC(=O)[C@@]1(CCCCCc2ccccc2)CO1. The van der Waals surface area contributed by atoms with Gasteiger partial charge in [0.05, 0.1) is 13.2 Å². The van der Waals surface area contributed by atoms with Crippen molar-refractivity contribution in [3.8, 4) is 0 Å². The first-order valence-electron chi connectivity index (χ1n) is 7.12. The summed E-state index contributed by atoms with van der Waals surface area (Å²) in [5.41, 5.74) is 0.785. The van der Waals surface area contributed by atoms with Gasteiger partial charge in [-0.25, -0.2) is 4.79 Å². The van der Waals surface area contributed by atoms with Crippen molar-refractivity contribution in [3.63, 3.8) is 0 Å². The maximum absolute atomic E-state index is 11.7. The summed E-state index contributed by atoms with van der Waals surface area (Å²) < 4.78 is 10.3. The van der Waals surface area contributed by atoms with Crippen molar-refractivity contribution in [1.29, 1.82) is 0 Å². The van der Waals surface area contributed by atoms with Crippen LogP contribution in [-0.4, -0.2) is 24.8 Å². The van der Waals surface area contributed by atoms with E-state index in [1.165, 1.54) is 5.56 Å². The van der Waals surface area contributed by atoms with Crippen LogP contribution in [0.5, 0.6) is 0 Å². The molecule has 1 aliphatic rings. The van der Waals surface area contributed by atoms with Crippen LogP contribution >= 0.6 is 0 Å². The fraction of sp³-hybridized carbons (Fsp3) is 0.562. The molecule has 2 rings (SSSR count). The highest BCUT2D eigenvalue weighted by molar-refractivity contribution is 5.82. The van der Waals surface area contributed by atoms with Crippen LogP contribution in [-0.2, 0) is 20.7 Å². The van der Waals surface area contributed by atoms with Gasteiger partial charge >= 0.3 is 5.97 Å². The quantitative estimate of drug-likeness (QED) is 0.410. The predicted molar refractivity (Wildman–Crippen MR) is 73.9 cm³/mol. The van der Waals surface area contributed by atoms with E-state index >= 15 is 0 Å². The average molecular weight is 262 g/mol. The van der Waals surface area contributed by atoms with Gasteiger partial charge in [0, 0.05) is 0 Å². The number of unbranched alkanes of at least 4 members (excludes halogenated alkanes) is 2. The summed E-state index contributed by atoms with van der Waals surface area (Å²) in [6, 6.07) is 10.5. The lowest BCUT2D eigenvalue weighted by molar-refractivity contribution is -0.149. The maximum atomic E-state index is 11.7. The summed E-state index contributed by atoms with van der Waals surface area (Å²) in [6.07, 6.45) is 5.20. The van der Waals surface area contributed by atoms with Crippen LogP contribution in [0.3, 0.4) is 0 Å². The van der Waals surface area contributed by atoms with E-state index in [1.54, 1.807) is 0 Å². The molecule has 1 saturated heterocycles. The Hall–Kier alpha value is -1.35. The highest BCUT2D eigenvalue weighted by atomic mass is 16.6. The fourth-order valence-corrected chi connectivity index (χ4v) is 2.28. The summed E-state index contributed by atoms with van der Waals surface area (Å²) >= 11 is 0. The third-order valence-corrected chi connectivity index (χ3v) is 3.53. The van der Waals surface area contributed by atoms with Crippen LogP contribution in [0.2, 0.25) is 0 Å². The van der Waals surface area contributed by atoms with E-state index in [0.717, 1.165) is 32.1 Å². The molecular weight excluding hydrogens is 240 g/mol. The number of carbonyl (C=O) groups excluding carboxylic acids is 1. The summed E-state index contributed by atoms with van der Waals surface area (Å²) in [5.74, 6) is -0.182. The third-order valence-electron chi connectivity index (χ3n) is 3.53. The van der Waals surface area contributed by atoms with Crippen LogP contribution in [0.4, 0.5) is 0 Å². The van der Waals surface area contributed by atoms with Gasteiger partial charge in [0.25, 0.3) is 0 Å². The monoisotopic (exact) mass is 262 g/mol. The molecule has 0 bridgehead atoms. The number of hydrogen-bond acceptors (Lipinski definition) is 3. The number of aryl methyl sites for hydroxylation is 1. The number of esters is 1. The number of benzene rings is 1. The molecular formula is C16H22O3. The lowest BCUT2D eigenvalue weighted by Crippen LogP contribution is -2.27. The fourth-order valence-electron chi connectivity index (χ4n) is 2.28. The molecule has 0 aliphatic carbocycles. The minimum absolute atomic E-state index is 0.182. The molecule has 0 unspecified atom stereocenters. The average Bonchev–Trinajstić information content (AvgIpc) is 3.21. The zero-order valence-electron chi connectivity index (χ0n) is 11.6. The van der Waals surface area contributed by atoms with Gasteiger partial charge in [-0.1, -0.05) is 36.8 Å². The van der Waals surface area contributed by atoms with Crippen LogP contribution in [0.15, 0.2) is 30.3 Å². The normalized spacial score (nSPS) is 21.1. The Labute approximate surface area is 114 Å². The van der Waals surface area contributed by atoms with E-state index < -0.39 is 5.60 Å². The molecule has 1 aliphatic heterocycles. The Bertz CT molecular complexity index is 396. The molecule has 0 aromatic heterocycles. The molecule has 3 heteroatoms. The van der Waals surface area contributed by atoms with E-state index in [9.17, 15) is 4.79 Å². The first-order valence-corrected chi connectivity index (χ1v) is 7.12. The Morgan fingerprint density at radius 2 is 2.00 bits per heavy atom. The van der Waals surface area contributed by atoms with E-state index in [0.29, 0.717) is 13.2 Å². The third kappa shape index (κ3) is 4.06. The minimum Gasteiger partial charge on any atom is -0.464 e. The molecule has 1 fully saturated rings. The maximum Gasteiger partial charge on any atom is 0.340 e. The Morgan fingerprint density at radius 3 is 2.63 bits per heavy atom. The molecule has 104 valence electrons. The van der Waals surface area contributed by atoms with E-state index in [2.05, 4.69) is 24.3 Å². The number of carbonyl (C=O) groups is 1. The Morgan fingerprint density at radius 1 is 1.26 bits per heavy atom. The van der Waals surface area contributed by atoms with Gasteiger partial charge in [-0.15, -0.1) is 0 Å². The van der Waals surface area contributed by atoms with Crippen LogP contribution < -0.4 is 0 Å². The standard InChI is InChI=1S/C16H22O3/c1-2-18-15(17)16(13-19-16)12-8-4-7-11-14-9-5-3-6-10-14/h3,5-6,9-10H,2,4,7-8,11-13H2,1H3/t16-/m1/s1. The molecule has 1 atom stereocenters. The second kappa shape index (κ2) is 6.71. The first-order chi connectivity index (χ1) is 9.27. The van der Waals surface area contributed by atoms with Crippen molar-refractivity contribution in [3.05, 3.63) is 35.9 Å². The van der Waals surface area contributed by atoms with E-state index in [1.807, 2.05) is 13.0 Å². The second-order valence-electron chi connectivity index (χ2n) is 5.05. The molecule has 1 aromatic rings. The van der Waals surface area contributed by atoms with Crippen LogP contribution in [0.25, 0.3) is 0 Å². The zero-order chi connectivity index (χ0) is 13.6. The molecule has 1 heterocycles. The largest absolute Gasteiger partial charge is 0.464 e. The summed E-state index contributed by atoms with van der Waals surface area (Å²) in [5, 5.41) is 0. The minimum atomic E-state index is -0.594. The van der Waals surface area contributed by atoms with Crippen molar-refractivity contribution in [2.45, 2.75) is 44.6 Å². The summed E-state index contributed by atoms with van der Waals surface area (Å²) in [4.78, 5) is 11.7. The second-order valence-corrected chi connectivity index (χ2v) is 5.05. The number of ether oxygens (including phenoxy) is 2. The Balaban J connectivity index is 1.61. The molecule has 19 heavy (non-hydrogen) atoms. The van der Waals surface area contributed by atoms with Gasteiger partial charge in [-0.3, -0.25) is 0 Å². The first kappa shape index (κ1) is 14.1. The number of epoxide rings is 1.